The van der Waals surface area contributed by atoms with Gasteiger partial charge in [-0.25, -0.2) is 0 Å². The molecule has 0 radical (unpaired) electrons. The number of aryl methyl sites for hydroxylation is 1. The van der Waals surface area contributed by atoms with E-state index in [4.69, 9.17) is 23.4 Å². The van der Waals surface area contributed by atoms with Crippen LogP contribution in [0.15, 0.2) is 24.3 Å². The van der Waals surface area contributed by atoms with Crippen LogP contribution in [-0.4, -0.2) is 10.9 Å². The number of benzene rings is 1. The van der Waals surface area contributed by atoms with Gasteiger partial charge in [0.2, 0.25) is 0 Å². The molecule has 0 aliphatic heterocycles. The highest BCUT2D eigenvalue weighted by atomic mass is 32.1. The van der Waals surface area contributed by atoms with Crippen LogP contribution in [0.25, 0.3) is 0 Å². The molecular formula is C10H13N3S. The van der Waals surface area contributed by atoms with Crippen molar-refractivity contribution in [3.63, 3.8) is 0 Å². The second-order valence-corrected chi connectivity index (χ2v) is 3.52. The molecule has 0 amide bonds. The summed E-state index contributed by atoms with van der Waals surface area (Å²) < 4.78 is 0. The lowest BCUT2D eigenvalue weighted by atomic mass is 10.2. The van der Waals surface area contributed by atoms with E-state index in [-0.39, 0.29) is 5.11 Å². The lowest BCUT2D eigenvalue weighted by Crippen LogP contribution is -2.38. The van der Waals surface area contributed by atoms with Crippen LogP contribution in [-0.2, 0) is 0 Å². The van der Waals surface area contributed by atoms with Gasteiger partial charge in [-0.15, -0.1) is 0 Å². The zero-order valence-corrected chi connectivity index (χ0v) is 9.06. The average molecular weight is 207 g/mol. The zero-order valence-electron chi connectivity index (χ0n) is 8.24. The van der Waals surface area contributed by atoms with Crippen LogP contribution in [0, 0.1) is 12.3 Å². The van der Waals surface area contributed by atoms with Crippen molar-refractivity contribution < 1.29 is 0 Å². The van der Waals surface area contributed by atoms with Crippen molar-refractivity contribution in [1.82, 2.24) is 0 Å². The number of nitrogens with one attached hydrogen (secondary N) is 1. The predicted octanol–water partition coefficient (Wildman–Crippen LogP) is 2.04. The topological polar surface area (TPSA) is 53.1 Å². The molecule has 0 heterocycles. The Balaban J connectivity index is 3.12. The molecule has 0 aromatic heterocycles. The highest BCUT2D eigenvalue weighted by molar-refractivity contribution is 7.80. The van der Waals surface area contributed by atoms with Crippen LogP contribution < -0.4 is 10.6 Å². The van der Waals surface area contributed by atoms with Gasteiger partial charge in [-0.05, 0) is 43.8 Å². The second kappa shape index (κ2) is 4.19. The molecule has 3 N–H and O–H groups in total. The molecule has 0 unspecified atom stereocenters. The van der Waals surface area contributed by atoms with Gasteiger partial charge in [0.1, 0.15) is 5.84 Å². The molecule has 0 spiro atoms. The maximum Gasteiger partial charge on any atom is 0.176 e. The van der Waals surface area contributed by atoms with Crippen LogP contribution in [0.2, 0.25) is 0 Å². The van der Waals surface area contributed by atoms with E-state index in [1.165, 1.54) is 4.90 Å². The van der Waals surface area contributed by atoms with E-state index in [0.717, 1.165) is 11.3 Å². The van der Waals surface area contributed by atoms with E-state index in [1.807, 2.05) is 31.2 Å². The average Bonchev–Trinajstić information content (AvgIpc) is 2.02. The standard InChI is InChI=1S/C10H13N3S/c1-7-4-3-5-9(6-7)13(8(2)11)10(12)14/h3-6,11H,1-2H3,(H2,12,14). The summed E-state index contributed by atoms with van der Waals surface area (Å²) >= 11 is 4.88. The number of hydrogen-bond acceptors (Lipinski definition) is 2. The smallest absolute Gasteiger partial charge is 0.176 e. The Morgan fingerprint density at radius 1 is 1.50 bits per heavy atom. The maximum atomic E-state index is 7.55. The highest BCUT2D eigenvalue weighted by Gasteiger charge is 2.10. The normalized spacial score (nSPS) is 9.57. The molecule has 1 aromatic carbocycles. The summed E-state index contributed by atoms with van der Waals surface area (Å²) in [5.41, 5.74) is 7.49. The van der Waals surface area contributed by atoms with Crippen LogP contribution in [0.1, 0.15) is 12.5 Å². The molecule has 0 saturated heterocycles. The van der Waals surface area contributed by atoms with Gasteiger partial charge in [-0.2, -0.15) is 0 Å². The molecule has 0 bridgehead atoms. The van der Waals surface area contributed by atoms with Gasteiger partial charge in [0.05, 0.1) is 0 Å². The van der Waals surface area contributed by atoms with Crippen molar-refractivity contribution >= 4 is 28.9 Å². The second-order valence-electron chi connectivity index (χ2n) is 3.10. The molecule has 1 aromatic rings. The van der Waals surface area contributed by atoms with E-state index in [0.29, 0.717) is 5.84 Å². The summed E-state index contributed by atoms with van der Waals surface area (Å²) in [6, 6.07) is 7.72. The van der Waals surface area contributed by atoms with Crippen molar-refractivity contribution in [3.8, 4) is 0 Å². The number of thiocarbonyl (C=S) groups is 1. The Kier molecular flexibility index (Phi) is 3.19. The van der Waals surface area contributed by atoms with Gasteiger partial charge < -0.3 is 5.73 Å². The monoisotopic (exact) mass is 207 g/mol. The first-order chi connectivity index (χ1) is 6.52. The van der Waals surface area contributed by atoms with Crippen molar-refractivity contribution in [3.05, 3.63) is 29.8 Å². The number of hydrogen-bond donors (Lipinski definition) is 2. The fourth-order valence-corrected chi connectivity index (χ4v) is 1.50. The lowest BCUT2D eigenvalue weighted by molar-refractivity contribution is 1.30. The minimum absolute atomic E-state index is 0.197. The van der Waals surface area contributed by atoms with Gasteiger partial charge in [0, 0.05) is 5.69 Å². The Labute approximate surface area is 89.0 Å². The SMILES string of the molecule is CC(=N)N(C(N)=S)c1cccc(C)c1. The Morgan fingerprint density at radius 3 is 2.57 bits per heavy atom. The summed E-state index contributed by atoms with van der Waals surface area (Å²) in [4.78, 5) is 1.53. The minimum Gasteiger partial charge on any atom is -0.376 e. The van der Waals surface area contributed by atoms with Crippen molar-refractivity contribution in [2.24, 2.45) is 5.73 Å². The molecular weight excluding hydrogens is 194 g/mol. The van der Waals surface area contributed by atoms with E-state index >= 15 is 0 Å². The summed E-state index contributed by atoms with van der Waals surface area (Å²) in [6.07, 6.45) is 0. The largest absolute Gasteiger partial charge is 0.376 e. The Morgan fingerprint density at radius 2 is 2.14 bits per heavy atom. The van der Waals surface area contributed by atoms with Crippen molar-refractivity contribution in [2.75, 3.05) is 4.90 Å². The van der Waals surface area contributed by atoms with Crippen molar-refractivity contribution in [1.29, 1.82) is 5.41 Å². The minimum atomic E-state index is 0.197. The number of nitrogens with zero attached hydrogens (tertiary/aromatic N) is 1. The molecule has 0 aliphatic carbocycles. The van der Waals surface area contributed by atoms with E-state index in [9.17, 15) is 0 Å². The highest BCUT2D eigenvalue weighted by Crippen LogP contribution is 2.15. The molecule has 4 heteroatoms. The van der Waals surface area contributed by atoms with Gasteiger partial charge in [0.15, 0.2) is 5.11 Å². The third-order valence-corrected chi connectivity index (χ3v) is 2.00. The van der Waals surface area contributed by atoms with Crippen molar-refractivity contribution in [2.45, 2.75) is 13.8 Å². The van der Waals surface area contributed by atoms with E-state index in [2.05, 4.69) is 0 Å². The van der Waals surface area contributed by atoms with Crippen LogP contribution >= 0.6 is 12.2 Å². The van der Waals surface area contributed by atoms with Crippen LogP contribution in [0.4, 0.5) is 5.69 Å². The molecule has 0 aliphatic rings. The fraction of sp³-hybridized carbons (Fsp3) is 0.200. The number of amidine groups is 1. The summed E-state index contributed by atoms with van der Waals surface area (Å²) in [5.74, 6) is 0.322. The van der Waals surface area contributed by atoms with Gasteiger partial charge >= 0.3 is 0 Å². The number of nitrogens with two attached hydrogens (primary N) is 1. The number of rotatable bonds is 1. The molecule has 74 valence electrons. The predicted molar refractivity (Wildman–Crippen MR) is 63.8 cm³/mol. The quantitative estimate of drug-likeness (QED) is 0.421. The van der Waals surface area contributed by atoms with Gasteiger partial charge in [-0.3, -0.25) is 10.3 Å². The Bertz CT molecular complexity index is 359. The van der Waals surface area contributed by atoms with E-state index < -0.39 is 0 Å². The molecule has 0 saturated carbocycles. The zero-order chi connectivity index (χ0) is 10.7. The summed E-state index contributed by atoms with van der Waals surface area (Å²) in [7, 11) is 0. The summed E-state index contributed by atoms with van der Waals surface area (Å²) in [5, 5.41) is 7.75. The third-order valence-electron chi connectivity index (χ3n) is 1.82. The summed E-state index contributed by atoms with van der Waals surface area (Å²) in [6.45, 7) is 3.64. The van der Waals surface area contributed by atoms with E-state index in [1.54, 1.807) is 6.92 Å². The molecule has 1 rings (SSSR count). The Hall–Kier alpha value is -1.42. The first-order valence-corrected chi connectivity index (χ1v) is 4.64. The third kappa shape index (κ3) is 2.29. The van der Waals surface area contributed by atoms with Crippen LogP contribution in [0.5, 0.6) is 0 Å². The number of anilines is 1. The maximum absolute atomic E-state index is 7.55. The first kappa shape index (κ1) is 10.7. The fourth-order valence-electron chi connectivity index (χ4n) is 1.25. The molecule has 14 heavy (non-hydrogen) atoms. The lowest BCUT2D eigenvalue weighted by Gasteiger charge is -2.21. The van der Waals surface area contributed by atoms with Gasteiger partial charge in [0.25, 0.3) is 0 Å². The van der Waals surface area contributed by atoms with Gasteiger partial charge in [-0.1, -0.05) is 12.1 Å². The molecule has 0 atom stereocenters. The molecule has 3 nitrogen and oxygen atoms in total. The molecule has 0 fully saturated rings. The van der Waals surface area contributed by atoms with Crippen LogP contribution in [0.3, 0.4) is 0 Å². The first-order valence-electron chi connectivity index (χ1n) is 4.23.